The lowest BCUT2D eigenvalue weighted by Gasteiger charge is -2.26. The number of benzene rings is 3. The molecule has 1 unspecified atom stereocenters. The highest BCUT2D eigenvalue weighted by molar-refractivity contribution is 5.74. The molecule has 0 aromatic heterocycles. The predicted molar refractivity (Wildman–Crippen MR) is 121 cm³/mol. The van der Waals surface area contributed by atoms with Gasteiger partial charge in [0.05, 0.1) is 5.54 Å². The largest absolute Gasteiger partial charge is 0.457 e. The second-order valence-corrected chi connectivity index (χ2v) is 8.27. The molecule has 1 aliphatic heterocycles. The van der Waals surface area contributed by atoms with Crippen LogP contribution in [0.5, 0.6) is 11.5 Å². The summed E-state index contributed by atoms with van der Waals surface area (Å²) in [5, 5.41) is 3.12. The minimum absolute atomic E-state index is 0.0340. The van der Waals surface area contributed by atoms with Crippen LogP contribution >= 0.6 is 0 Å². The molecule has 1 amide bonds. The second-order valence-electron chi connectivity index (χ2n) is 8.27. The lowest BCUT2D eigenvalue weighted by molar-refractivity contribution is -0.120. The Morgan fingerprint density at radius 2 is 1.63 bits per heavy atom. The highest BCUT2D eigenvalue weighted by Gasteiger charge is 2.34. The molecule has 1 fully saturated rings. The highest BCUT2D eigenvalue weighted by atomic mass is 16.5. The van der Waals surface area contributed by atoms with Crippen LogP contribution in [0.1, 0.15) is 25.8 Å². The number of carbonyl (C=O) groups is 1. The van der Waals surface area contributed by atoms with Gasteiger partial charge in [-0.05, 0) is 42.7 Å². The molecule has 0 bridgehead atoms. The molecule has 1 atom stereocenters. The topological polar surface area (TPSA) is 41.6 Å². The Labute approximate surface area is 178 Å². The van der Waals surface area contributed by atoms with Gasteiger partial charge >= 0.3 is 0 Å². The maximum absolute atomic E-state index is 11.6. The first kappa shape index (κ1) is 20.2. The maximum atomic E-state index is 11.6. The van der Waals surface area contributed by atoms with E-state index in [1.54, 1.807) is 6.92 Å². The second kappa shape index (κ2) is 8.72. The highest BCUT2D eigenvalue weighted by Crippen LogP contribution is 2.36. The number of likely N-dealkylation sites (tertiary alicyclic amines) is 1. The molecule has 4 nitrogen and oxygen atoms in total. The predicted octanol–water partition coefficient (Wildman–Crippen LogP) is 5.25. The van der Waals surface area contributed by atoms with Crippen molar-refractivity contribution in [1.29, 1.82) is 0 Å². The van der Waals surface area contributed by atoms with Crippen molar-refractivity contribution < 1.29 is 9.53 Å². The number of rotatable bonds is 6. The van der Waals surface area contributed by atoms with Crippen LogP contribution in [0.2, 0.25) is 0 Å². The summed E-state index contributed by atoms with van der Waals surface area (Å²) in [5.74, 6) is 1.71. The van der Waals surface area contributed by atoms with Gasteiger partial charge in [0, 0.05) is 32.1 Å². The molecule has 1 N–H and O–H groups in total. The fourth-order valence-corrected chi connectivity index (χ4v) is 4.27. The number of nitrogens with one attached hydrogen (secondary N) is 1. The van der Waals surface area contributed by atoms with Crippen LogP contribution in [0.3, 0.4) is 0 Å². The molecule has 0 aliphatic carbocycles. The van der Waals surface area contributed by atoms with Crippen molar-refractivity contribution in [3.63, 3.8) is 0 Å². The molecule has 1 heterocycles. The van der Waals surface area contributed by atoms with E-state index in [2.05, 4.69) is 47.5 Å². The Morgan fingerprint density at radius 1 is 0.967 bits per heavy atom. The first-order valence-electron chi connectivity index (χ1n) is 10.4. The molecule has 1 aliphatic rings. The SMILES string of the molecule is CC(=O)NC1(C)CCN(Cc2ccccc2-c2ccccc2Oc2ccccc2)C1. The summed E-state index contributed by atoms with van der Waals surface area (Å²) in [6.45, 7) is 6.37. The lowest BCUT2D eigenvalue weighted by Crippen LogP contribution is -2.46. The van der Waals surface area contributed by atoms with Gasteiger partial charge in [0.2, 0.25) is 5.91 Å². The molecule has 3 aromatic carbocycles. The Morgan fingerprint density at radius 3 is 2.40 bits per heavy atom. The normalized spacial score (nSPS) is 18.9. The summed E-state index contributed by atoms with van der Waals surface area (Å²) in [6, 6.07) is 26.6. The average Bonchev–Trinajstić information content (AvgIpc) is 3.09. The molecule has 1 saturated heterocycles. The van der Waals surface area contributed by atoms with Gasteiger partial charge in [0.25, 0.3) is 0 Å². The van der Waals surface area contributed by atoms with E-state index in [4.69, 9.17) is 4.74 Å². The first-order valence-corrected chi connectivity index (χ1v) is 10.4. The zero-order valence-corrected chi connectivity index (χ0v) is 17.6. The minimum atomic E-state index is -0.158. The Hall–Kier alpha value is -3.11. The molecular weight excluding hydrogens is 372 g/mol. The number of nitrogens with zero attached hydrogens (tertiary/aromatic N) is 1. The van der Waals surface area contributed by atoms with E-state index in [1.165, 1.54) is 11.1 Å². The monoisotopic (exact) mass is 400 g/mol. The quantitative estimate of drug-likeness (QED) is 0.615. The van der Waals surface area contributed by atoms with E-state index in [1.807, 2.05) is 48.5 Å². The third-order valence-electron chi connectivity index (χ3n) is 5.59. The minimum Gasteiger partial charge on any atom is -0.457 e. The Bertz CT molecular complexity index is 1020. The summed E-state index contributed by atoms with van der Waals surface area (Å²) in [6.07, 6.45) is 0.961. The Kier molecular flexibility index (Phi) is 5.86. The van der Waals surface area contributed by atoms with Crippen LogP contribution in [0.4, 0.5) is 0 Å². The van der Waals surface area contributed by atoms with Crippen molar-refractivity contribution in [2.24, 2.45) is 0 Å². The van der Waals surface area contributed by atoms with Crippen LogP contribution < -0.4 is 10.1 Å². The molecular formula is C26H28N2O2. The van der Waals surface area contributed by atoms with Gasteiger partial charge in [-0.15, -0.1) is 0 Å². The fourth-order valence-electron chi connectivity index (χ4n) is 4.27. The molecule has 4 heteroatoms. The number of ether oxygens (including phenoxy) is 1. The standard InChI is InChI=1S/C26H28N2O2/c1-20(29)27-26(2)16-17-28(19-26)18-21-10-6-7-13-23(21)24-14-8-9-15-25(24)30-22-11-4-3-5-12-22/h3-15H,16-19H2,1-2H3,(H,27,29). The number of para-hydroxylation sites is 2. The number of amides is 1. The molecule has 0 radical (unpaired) electrons. The van der Waals surface area contributed by atoms with Gasteiger partial charge in [-0.2, -0.15) is 0 Å². The van der Waals surface area contributed by atoms with Gasteiger partial charge in [0.15, 0.2) is 0 Å². The van der Waals surface area contributed by atoms with Gasteiger partial charge in [0.1, 0.15) is 11.5 Å². The van der Waals surface area contributed by atoms with Crippen molar-refractivity contribution >= 4 is 5.91 Å². The lowest BCUT2D eigenvalue weighted by atomic mass is 9.98. The summed E-state index contributed by atoms with van der Waals surface area (Å²) in [7, 11) is 0. The van der Waals surface area contributed by atoms with E-state index in [0.717, 1.165) is 43.1 Å². The Balaban J connectivity index is 1.58. The van der Waals surface area contributed by atoms with E-state index in [0.29, 0.717) is 0 Å². The molecule has 3 aromatic rings. The number of hydrogen-bond acceptors (Lipinski definition) is 3. The molecule has 154 valence electrons. The smallest absolute Gasteiger partial charge is 0.217 e. The van der Waals surface area contributed by atoms with E-state index in [9.17, 15) is 4.79 Å². The van der Waals surface area contributed by atoms with Crippen LogP contribution in [0.15, 0.2) is 78.9 Å². The summed E-state index contributed by atoms with van der Waals surface area (Å²) in [5.41, 5.74) is 3.36. The van der Waals surface area contributed by atoms with Gasteiger partial charge in [-0.3, -0.25) is 9.69 Å². The average molecular weight is 401 g/mol. The zero-order chi connectivity index (χ0) is 21.0. The maximum Gasteiger partial charge on any atom is 0.217 e. The van der Waals surface area contributed by atoms with Crippen molar-refractivity contribution in [3.8, 4) is 22.6 Å². The van der Waals surface area contributed by atoms with Crippen molar-refractivity contribution in [3.05, 3.63) is 84.4 Å². The molecule has 30 heavy (non-hydrogen) atoms. The molecule has 0 saturated carbocycles. The van der Waals surface area contributed by atoms with E-state index in [-0.39, 0.29) is 11.4 Å². The third kappa shape index (κ3) is 4.71. The van der Waals surface area contributed by atoms with E-state index >= 15 is 0 Å². The molecule has 4 rings (SSSR count). The zero-order valence-electron chi connectivity index (χ0n) is 17.6. The van der Waals surface area contributed by atoms with Gasteiger partial charge in [-0.1, -0.05) is 60.7 Å². The first-order chi connectivity index (χ1) is 14.5. The van der Waals surface area contributed by atoms with Gasteiger partial charge < -0.3 is 10.1 Å². The fraction of sp³-hybridized carbons (Fsp3) is 0.269. The molecule has 0 spiro atoms. The van der Waals surface area contributed by atoms with Crippen LogP contribution in [-0.4, -0.2) is 29.4 Å². The van der Waals surface area contributed by atoms with Crippen molar-refractivity contribution in [1.82, 2.24) is 10.2 Å². The van der Waals surface area contributed by atoms with E-state index < -0.39 is 0 Å². The van der Waals surface area contributed by atoms with Crippen LogP contribution in [0.25, 0.3) is 11.1 Å². The summed E-state index contributed by atoms with van der Waals surface area (Å²) in [4.78, 5) is 14.0. The number of carbonyl (C=O) groups excluding carboxylic acids is 1. The van der Waals surface area contributed by atoms with Crippen molar-refractivity contribution in [2.45, 2.75) is 32.4 Å². The van der Waals surface area contributed by atoms with Crippen molar-refractivity contribution in [2.75, 3.05) is 13.1 Å². The van der Waals surface area contributed by atoms with Crippen LogP contribution in [0, 0.1) is 0 Å². The summed E-state index contributed by atoms with van der Waals surface area (Å²) >= 11 is 0. The number of hydrogen-bond donors (Lipinski definition) is 1. The van der Waals surface area contributed by atoms with Crippen LogP contribution in [-0.2, 0) is 11.3 Å². The third-order valence-corrected chi connectivity index (χ3v) is 5.59. The van der Waals surface area contributed by atoms with Gasteiger partial charge in [-0.25, -0.2) is 0 Å². The summed E-state index contributed by atoms with van der Waals surface area (Å²) < 4.78 is 6.20.